The largest absolute Gasteiger partial charge is 0.375 e. The fraction of sp³-hybridized carbons (Fsp3) is 0. The minimum absolute atomic E-state index is 0.125. The van der Waals surface area contributed by atoms with E-state index in [-0.39, 0.29) is 9.32 Å². The molecule has 0 saturated heterocycles. The van der Waals surface area contributed by atoms with E-state index >= 15 is 0 Å². The Balaban J connectivity index is 2.74. The van der Waals surface area contributed by atoms with Gasteiger partial charge in [-0.25, -0.2) is 8.42 Å². The summed E-state index contributed by atoms with van der Waals surface area (Å²) >= 11 is 5.54. The molecule has 0 radical (unpaired) electrons. The summed E-state index contributed by atoms with van der Waals surface area (Å²) < 4.78 is 22.8. The molecule has 0 aliphatic carbocycles. The number of thiocarbonyl (C=S) groups is 1. The first-order valence-corrected chi connectivity index (χ1v) is 5.90. The first-order valence-electron chi connectivity index (χ1n) is 3.13. The van der Waals surface area contributed by atoms with E-state index in [0.717, 1.165) is 11.3 Å². The molecular formula is C5H7N3O2S3. The van der Waals surface area contributed by atoms with Gasteiger partial charge in [0.25, 0.3) is 10.0 Å². The van der Waals surface area contributed by atoms with Gasteiger partial charge in [-0.3, -0.25) is 5.43 Å². The summed E-state index contributed by atoms with van der Waals surface area (Å²) in [6.45, 7) is 0. The number of hydrogen-bond acceptors (Lipinski definition) is 4. The van der Waals surface area contributed by atoms with Crippen molar-refractivity contribution in [3.63, 3.8) is 0 Å². The second kappa shape index (κ2) is 4.01. The molecule has 0 spiro atoms. The van der Waals surface area contributed by atoms with E-state index in [1.165, 1.54) is 6.07 Å². The smallest absolute Gasteiger partial charge is 0.266 e. The maximum absolute atomic E-state index is 11.3. The van der Waals surface area contributed by atoms with Gasteiger partial charge in [0, 0.05) is 0 Å². The van der Waals surface area contributed by atoms with Gasteiger partial charge in [-0.15, -0.1) is 16.2 Å². The third-order valence-electron chi connectivity index (χ3n) is 1.07. The van der Waals surface area contributed by atoms with Crippen molar-refractivity contribution in [2.24, 2.45) is 5.73 Å². The summed E-state index contributed by atoms with van der Waals surface area (Å²) in [6.07, 6.45) is 0. The summed E-state index contributed by atoms with van der Waals surface area (Å²) in [7, 11) is -3.52. The highest BCUT2D eigenvalue weighted by atomic mass is 32.2. The molecule has 0 fully saturated rings. The SMILES string of the molecule is NC(=S)NNS(=O)(=O)c1cccs1. The Morgan fingerprint density at radius 3 is 2.77 bits per heavy atom. The van der Waals surface area contributed by atoms with E-state index < -0.39 is 10.0 Å². The van der Waals surface area contributed by atoms with E-state index in [0.29, 0.717) is 0 Å². The predicted octanol–water partition coefficient (Wildman–Crippen LogP) is -0.225. The topological polar surface area (TPSA) is 84.2 Å². The van der Waals surface area contributed by atoms with Gasteiger partial charge >= 0.3 is 0 Å². The zero-order valence-electron chi connectivity index (χ0n) is 6.35. The third-order valence-corrected chi connectivity index (χ3v) is 3.82. The number of nitrogens with two attached hydrogens (primary N) is 1. The summed E-state index contributed by atoms with van der Waals surface area (Å²) in [5, 5.41) is 1.54. The van der Waals surface area contributed by atoms with Gasteiger partial charge in [-0.05, 0) is 23.7 Å². The van der Waals surface area contributed by atoms with Gasteiger partial charge in [0.1, 0.15) is 4.21 Å². The van der Waals surface area contributed by atoms with E-state index in [4.69, 9.17) is 5.73 Å². The maximum atomic E-state index is 11.3. The molecule has 4 N–H and O–H groups in total. The minimum atomic E-state index is -3.52. The van der Waals surface area contributed by atoms with Crippen LogP contribution in [-0.4, -0.2) is 13.5 Å². The second-order valence-corrected chi connectivity index (χ2v) is 5.32. The Morgan fingerprint density at radius 2 is 2.31 bits per heavy atom. The van der Waals surface area contributed by atoms with Crippen LogP contribution in [0.25, 0.3) is 0 Å². The van der Waals surface area contributed by atoms with Crippen LogP contribution in [0.3, 0.4) is 0 Å². The second-order valence-electron chi connectivity index (χ2n) is 2.03. The van der Waals surface area contributed by atoms with Crippen molar-refractivity contribution in [2.75, 3.05) is 0 Å². The number of hydrazine groups is 1. The van der Waals surface area contributed by atoms with Gasteiger partial charge < -0.3 is 5.73 Å². The molecule has 1 heterocycles. The quantitative estimate of drug-likeness (QED) is 0.500. The van der Waals surface area contributed by atoms with Crippen LogP contribution >= 0.6 is 23.6 Å². The van der Waals surface area contributed by atoms with Crippen molar-refractivity contribution < 1.29 is 8.42 Å². The molecular weight excluding hydrogens is 230 g/mol. The standard InChI is InChI=1S/C5H7N3O2S3/c6-5(11)7-8-13(9,10)4-2-1-3-12-4/h1-3,8H,(H3,6,7,11). The molecule has 0 atom stereocenters. The molecule has 0 saturated carbocycles. The van der Waals surface area contributed by atoms with Crippen LogP contribution in [0.4, 0.5) is 0 Å². The number of nitrogens with one attached hydrogen (secondary N) is 2. The Kier molecular flexibility index (Phi) is 3.20. The zero-order chi connectivity index (χ0) is 9.90. The van der Waals surface area contributed by atoms with Crippen LogP contribution in [0.1, 0.15) is 0 Å². The van der Waals surface area contributed by atoms with Crippen molar-refractivity contribution in [3.8, 4) is 0 Å². The Bertz CT molecular complexity index is 383. The molecule has 0 aliphatic rings. The van der Waals surface area contributed by atoms with Gasteiger partial charge in [0.15, 0.2) is 5.11 Å². The van der Waals surface area contributed by atoms with Crippen molar-refractivity contribution in [1.82, 2.24) is 10.3 Å². The van der Waals surface area contributed by atoms with Gasteiger partial charge in [-0.1, -0.05) is 6.07 Å². The average Bonchev–Trinajstić information content (AvgIpc) is 2.53. The number of thiophene rings is 1. The van der Waals surface area contributed by atoms with E-state index in [1.54, 1.807) is 11.4 Å². The fourth-order valence-corrected chi connectivity index (χ4v) is 2.55. The molecule has 1 aromatic heterocycles. The summed E-state index contributed by atoms with van der Waals surface area (Å²) in [4.78, 5) is 2.03. The molecule has 8 heteroatoms. The fourth-order valence-electron chi connectivity index (χ4n) is 0.584. The van der Waals surface area contributed by atoms with Crippen molar-refractivity contribution >= 4 is 38.7 Å². The Labute approximate surface area is 85.0 Å². The first-order chi connectivity index (χ1) is 6.02. The highest BCUT2D eigenvalue weighted by Crippen LogP contribution is 2.14. The normalized spacial score (nSPS) is 11.1. The monoisotopic (exact) mass is 237 g/mol. The lowest BCUT2D eigenvalue weighted by atomic mass is 10.7. The highest BCUT2D eigenvalue weighted by Gasteiger charge is 2.13. The molecule has 0 bridgehead atoms. The number of sulfonamides is 1. The molecule has 1 aromatic rings. The molecule has 0 amide bonds. The van der Waals surface area contributed by atoms with E-state index in [9.17, 15) is 8.42 Å². The Morgan fingerprint density at radius 1 is 1.62 bits per heavy atom. The van der Waals surface area contributed by atoms with Crippen molar-refractivity contribution in [2.45, 2.75) is 4.21 Å². The van der Waals surface area contributed by atoms with E-state index in [1.807, 2.05) is 4.83 Å². The number of hydrogen-bond donors (Lipinski definition) is 3. The summed E-state index contributed by atoms with van der Waals surface area (Å²) in [5.74, 6) is 0. The van der Waals surface area contributed by atoms with Crippen molar-refractivity contribution in [3.05, 3.63) is 17.5 Å². The molecule has 0 aliphatic heterocycles. The minimum Gasteiger partial charge on any atom is -0.375 e. The molecule has 0 aromatic carbocycles. The lowest BCUT2D eigenvalue weighted by Crippen LogP contribution is -2.43. The van der Waals surface area contributed by atoms with Crippen LogP contribution in [0.2, 0.25) is 0 Å². The third kappa shape index (κ3) is 2.92. The van der Waals surface area contributed by atoms with Gasteiger partial charge in [0.05, 0.1) is 0 Å². The predicted molar refractivity (Wildman–Crippen MR) is 54.6 cm³/mol. The number of rotatable bonds is 3. The molecule has 13 heavy (non-hydrogen) atoms. The van der Waals surface area contributed by atoms with Crippen LogP contribution in [0, 0.1) is 0 Å². The molecule has 1 rings (SSSR count). The lowest BCUT2D eigenvalue weighted by Gasteiger charge is -2.04. The van der Waals surface area contributed by atoms with Crippen LogP contribution in [0.5, 0.6) is 0 Å². The van der Waals surface area contributed by atoms with Crippen molar-refractivity contribution in [1.29, 1.82) is 0 Å². The van der Waals surface area contributed by atoms with Crippen LogP contribution in [0.15, 0.2) is 21.7 Å². The summed E-state index contributed by atoms with van der Waals surface area (Å²) in [6, 6.07) is 3.12. The first kappa shape index (κ1) is 10.4. The maximum Gasteiger partial charge on any atom is 0.266 e. The lowest BCUT2D eigenvalue weighted by molar-refractivity contribution is 0.579. The van der Waals surface area contributed by atoms with Gasteiger partial charge in [0.2, 0.25) is 0 Å². The highest BCUT2D eigenvalue weighted by molar-refractivity contribution is 7.91. The Hall–Kier alpha value is -0.700. The zero-order valence-corrected chi connectivity index (χ0v) is 8.80. The molecule has 0 unspecified atom stereocenters. The molecule has 72 valence electrons. The van der Waals surface area contributed by atoms with E-state index in [2.05, 4.69) is 17.6 Å². The van der Waals surface area contributed by atoms with Crippen LogP contribution in [-0.2, 0) is 10.0 Å². The average molecular weight is 237 g/mol. The van der Waals surface area contributed by atoms with Crippen LogP contribution < -0.4 is 16.0 Å². The molecule has 5 nitrogen and oxygen atoms in total. The van der Waals surface area contributed by atoms with Gasteiger partial charge in [-0.2, -0.15) is 0 Å². The summed E-state index contributed by atoms with van der Waals surface area (Å²) in [5.41, 5.74) is 7.20.